The normalized spacial score (nSPS) is 17.9. The molecule has 1 amide bonds. The van der Waals surface area contributed by atoms with Gasteiger partial charge < -0.3 is 15.4 Å². The van der Waals surface area contributed by atoms with E-state index in [2.05, 4.69) is 15.5 Å². The van der Waals surface area contributed by atoms with Crippen LogP contribution in [0.4, 0.5) is 10.1 Å². The summed E-state index contributed by atoms with van der Waals surface area (Å²) in [4.78, 5) is 14.5. The smallest absolute Gasteiger partial charge is 0.238 e. The highest BCUT2D eigenvalue weighted by Crippen LogP contribution is 2.29. The Balaban J connectivity index is 1.70. The van der Waals surface area contributed by atoms with Crippen LogP contribution in [0, 0.1) is 5.82 Å². The van der Waals surface area contributed by atoms with Crippen LogP contribution in [0.3, 0.4) is 0 Å². The summed E-state index contributed by atoms with van der Waals surface area (Å²) in [5.74, 6) is 0.380. The van der Waals surface area contributed by atoms with Crippen molar-refractivity contribution in [1.82, 2.24) is 10.2 Å². The van der Waals surface area contributed by atoms with Crippen molar-refractivity contribution in [2.45, 2.75) is 6.04 Å². The fourth-order valence-corrected chi connectivity index (χ4v) is 3.10. The molecule has 0 saturated carbocycles. The summed E-state index contributed by atoms with van der Waals surface area (Å²) in [5.41, 5.74) is 1.65. The number of carbonyl (C=O) groups excluding carboxylic acids is 1. The number of nitrogens with zero attached hydrogens (tertiary/aromatic N) is 1. The molecule has 2 aromatic rings. The fourth-order valence-electron chi connectivity index (χ4n) is 3.10. The maximum Gasteiger partial charge on any atom is 0.238 e. The van der Waals surface area contributed by atoms with Gasteiger partial charge in [-0.25, -0.2) is 4.39 Å². The molecule has 25 heavy (non-hydrogen) atoms. The highest BCUT2D eigenvalue weighted by molar-refractivity contribution is 5.92. The number of nitrogens with one attached hydrogen (secondary N) is 2. The van der Waals surface area contributed by atoms with E-state index in [1.165, 1.54) is 12.1 Å². The fraction of sp³-hybridized carbons (Fsp3) is 0.316. The van der Waals surface area contributed by atoms with Crippen molar-refractivity contribution in [2.24, 2.45) is 0 Å². The molecule has 1 saturated heterocycles. The summed E-state index contributed by atoms with van der Waals surface area (Å²) in [6, 6.07) is 13.7. The van der Waals surface area contributed by atoms with Gasteiger partial charge >= 0.3 is 0 Å². The number of rotatable bonds is 5. The van der Waals surface area contributed by atoms with Gasteiger partial charge in [0.05, 0.1) is 19.7 Å². The van der Waals surface area contributed by atoms with Crippen molar-refractivity contribution >= 4 is 11.6 Å². The third-order valence-corrected chi connectivity index (χ3v) is 4.33. The number of hydrogen-bond donors (Lipinski definition) is 2. The van der Waals surface area contributed by atoms with Gasteiger partial charge in [0.2, 0.25) is 5.91 Å². The summed E-state index contributed by atoms with van der Waals surface area (Å²) in [6.45, 7) is 2.61. The number of amides is 1. The van der Waals surface area contributed by atoms with Crippen LogP contribution in [0.2, 0.25) is 0 Å². The average Bonchev–Trinajstić information content (AvgIpc) is 2.64. The van der Waals surface area contributed by atoms with E-state index < -0.39 is 0 Å². The van der Waals surface area contributed by atoms with Gasteiger partial charge in [0.1, 0.15) is 11.6 Å². The molecule has 1 aliphatic heterocycles. The second-order valence-electron chi connectivity index (χ2n) is 5.99. The molecule has 0 radical (unpaired) electrons. The Morgan fingerprint density at radius 3 is 2.80 bits per heavy atom. The van der Waals surface area contributed by atoms with E-state index in [-0.39, 0.29) is 24.3 Å². The summed E-state index contributed by atoms with van der Waals surface area (Å²) in [5, 5.41) is 6.19. The Kier molecular flexibility index (Phi) is 5.63. The molecule has 0 aromatic heterocycles. The van der Waals surface area contributed by atoms with Gasteiger partial charge in [0, 0.05) is 30.9 Å². The second kappa shape index (κ2) is 8.09. The number of carbonyl (C=O) groups is 1. The lowest BCUT2D eigenvalue weighted by atomic mass is 10.0. The van der Waals surface area contributed by atoms with E-state index in [1.807, 2.05) is 24.3 Å². The van der Waals surface area contributed by atoms with Crippen molar-refractivity contribution in [3.8, 4) is 5.75 Å². The molecule has 3 rings (SSSR count). The largest absolute Gasteiger partial charge is 0.496 e. The van der Waals surface area contributed by atoms with Crippen LogP contribution >= 0.6 is 0 Å². The molecule has 6 heteroatoms. The quantitative estimate of drug-likeness (QED) is 0.875. The van der Waals surface area contributed by atoms with Gasteiger partial charge in [-0.15, -0.1) is 0 Å². The van der Waals surface area contributed by atoms with Gasteiger partial charge in [-0.3, -0.25) is 9.69 Å². The van der Waals surface area contributed by atoms with E-state index in [9.17, 15) is 9.18 Å². The second-order valence-corrected chi connectivity index (χ2v) is 5.99. The molecule has 0 spiro atoms. The number of anilines is 1. The van der Waals surface area contributed by atoms with Gasteiger partial charge in [-0.2, -0.15) is 0 Å². The van der Waals surface area contributed by atoms with E-state index in [4.69, 9.17) is 4.74 Å². The van der Waals surface area contributed by atoms with Gasteiger partial charge in [-0.1, -0.05) is 18.2 Å². The SMILES string of the molecule is COc1ccccc1C1CNCCN1CC(=O)Nc1ccc(F)cc1. The van der Waals surface area contributed by atoms with Crippen molar-refractivity contribution in [1.29, 1.82) is 0 Å². The molecule has 1 heterocycles. The van der Waals surface area contributed by atoms with Crippen LogP contribution in [0.15, 0.2) is 48.5 Å². The predicted octanol–water partition coefficient (Wildman–Crippen LogP) is 2.42. The maximum atomic E-state index is 13.0. The Morgan fingerprint density at radius 1 is 1.28 bits per heavy atom. The highest BCUT2D eigenvalue weighted by Gasteiger charge is 2.27. The maximum absolute atomic E-state index is 13.0. The van der Waals surface area contributed by atoms with Crippen molar-refractivity contribution < 1.29 is 13.9 Å². The molecule has 1 aliphatic rings. The zero-order valence-electron chi connectivity index (χ0n) is 14.2. The van der Waals surface area contributed by atoms with Crippen molar-refractivity contribution in [3.05, 3.63) is 59.9 Å². The summed E-state index contributed by atoms with van der Waals surface area (Å²) >= 11 is 0. The number of halogens is 1. The zero-order chi connectivity index (χ0) is 17.6. The number of ether oxygens (including phenoxy) is 1. The number of benzene rings is 2. The van der Waals surface area contributed by atoms with Gasteiger partial charge in [0.25, 0.3) is 0 Å². The standard InChI is InChI=1S/C19H22FN3O2/c1-25-18-5-3-2-4-16(18)17-12-21-10-11-23(17)13-19(24)22-15-8-6-14(20)7-9-15/h2-9,17,21H,10-13H2,1H3,(H,22,24). The topological polar surface area (TPSA) is 53.6 Å². The molecule has 1 atom stereocenters. The summed E-state index contributed by atoms with van der Waals surface area (Å²) < 4.78 is 18.4. The Labute approximate surface area is 146 Å². The first kappa shape index (κ1) is 17.4. The molecular formula is C19H22FN3O2. The highest BCUT2D eigenvalue weighted by atomic mass is 19.1. The van der Waals surface area contributed by atoms with Crippen LogP contribution in [0.1, 0.15) is 11.6 Å². The number of hydrogen-bond acceptors (Lipinski definition) is 4. The zero-order valence-corrected chi connectivity index (χ0v) is 14.2. The first-order chi connectivity index (χ1) is 12.2. The molecular weight excluding hydrogens is 321 g/mol. The van der Waals surface area contributed by atoms with Gasteiger partial charge in [0.15, 0.2) is 0 Å². The van der Waals surface area contributed by atoms with Crippen LogP contribution < -0.4 is 15.4 Å². The Hall–Kier alpha value is -2.44. The molecule has 2 aromatic carbocycles. The minimum Gasteiger partial charge on any atom is -0.496 e. The van der Waals surface area contributed by atoms with Gasteiger partial charge in [-0.05, 0) is 30.3 Å². The molecule has 2 N–H and O–H groups in total. The van der Waals surface area contributed by atoms with Crippen LogP contribution in [-0.4, -0.2) is 44.1 Å². The third kappa shape index (κ3) is 4.35. The minimum atomic E-state index is -0.323. The molecule has 132 valence electrons. The van der Waals surface area contributed by atoms with E-state index in [0.29, 0.717) is 5.69 Å². The lowest BCUT2D eigenvalue weighted by molar-refractivity contribution is -0.118. The van der Waals surface area contributed by atoms with E-state index in [0.717, 1.165) is 30.9 Å². The molecule has 5 nitrogen and oxygen atoms in total. The van der Waals surface area contributed by atoms with Crippen LogP contribution in [0.5, 0.6) is 5.75 Å². The predicted molar refractivity (Wildman–Crippen MR) is 95.2 cm³/mol. The van der Waals surface area contributed by atoms with E-state index >= 15 is 0 Å². The van der Waals surface area contributed by atoms with Crippen molar-refractivity contribution in [3.63, 3.8) is 0 Å². The average molecular weight is 343 g/mol. The van der Waals surface area contributed by atoms with E-state index in [1.54, 1.807) is 19.2 Å². The summed E-state index contributed by atoms with van der Waals surface area (Å²) in [7, 11) is 1.65. The third-order valence-electron chi connectivity index (χ3n) is 4.33. The van der Waals surface area contributed by atoms with Crippen molar-refractivity contribution in [2.75, 3.05) is 38.6 Å². The lowest BCUT2D eigenvalue weighted by Crippen LogP contribution is -2.48. The first-order valence-electron chi connectivity index (χ1n) is 8.30. The minimum absolute atomic E-state index is 0.0591. The molecule has 0 bridgehead atoms. The first-order valence-corrected chi connectivity index (χ1v) is 8.30. The van der Waals surface area contributed by atoms with Crippen LogP contribution in [0.25, 0.3) is 0 Å². The van der Waals surface area contributed by atoms with Crippen LogP contribution in [-0.2, 0) is 4.79 Å². The molecule has 0 aliphatic carbocycles. The molecule has 1 fully saturated rings. The Bertz CT molecular complexity index is 721. The summed E-state index contributed by atoms with van der Waals surface area (Å²) in [6.07, 6.45) is 0. The number of piperazine rings is 1. The monoisotopic (exact) mass is 343 g/mol. The lowest BCUT2D eigenvalue weighted by Gasteiger charge is -2.36. The number of methoxy groups -OCH3 is 1. The number of para-hydroxylation sites is 1. The molecule has 1 unspecified atom stereocenters. The Morgan fingerprint density at radius 2 is 2.04 bits per heavy atom.